The van der Waals surface area contributed by atoms with Crippen molar-refractivity contribution < 1.29 is 9.47 Å². The molecule has 17 heavy (non-hydrogen) atoms. The third-order valence-electron chi connectivity index (χ3n) is 2.31. The van der Waals surface area contributed by atoms with E-state index in [4.69, 9.17) is 15.2 Å². The van der Waals surface area contributed by atoms with Crippen LogP contribution in [0, 0.1) is 0 Å². The van der Waals surface area contributed by atoms with Gasteiger partial charge in [0.15, 0.2) is 11.6 Å². The molecule has 0 aliphatic carbocycles. The highest BCUT2D eigenvalue weighted by molar-refractivity contribution is 5.47. The molecular weight excluding hydrogens is 216 g/mol. The Morgan fingerprint density at radius 1 is 1.12 bits per heavy atom. The summed E-state index contributed by atoms with van der Waals surface area (Å²) in [6, 6.07) is 13.4. The lowest BCUT2D eigenvalue weighted by molar-refractivity contribution is 0.305. The van der Waals surface area contributed by atoms with Gasteiger partial charge in [0.1, 0.15) is 6.61 Å². The average Bonchev–Trinajstić information content (AvgIpc) is 2.38. The molecule has 0 aliphatic rings. The van der Waals surface area contributed by atoms with Gasteiger partial charge < -0.3 is 15.2 Å². The van der Waals surface area contributed by atoms with E-state index in [1.54, 1.807) is 19.2 Å². The van der Waals surface area contributed by atoms with Crippen LogP contribution in [0.4, 0.5) is 5.82 Å². The summed E-state index contributed by atoms with van der Waals surface area (Å²) >= 11 is 0. The summed E-state index contributed by atoms with van der Waals surface area (Å²) in [6.07, 6.45) is 0. The Morgan fingerprint density at radius 3 is 2.53 bits per heavy atom. The summed E-state index contributed by atoms with van der Waals surface area (Å²) in [6.45, 7) is 0.471. The molecule has 0 bridgehead atoms. The first-order chi connectivity index (χ1) is 8.29. The zero-order valence-electron chi connectivity index (χ0n) is 9.59. The van der Waals surface area contributed by atoms with Crippen LogP contribution >= 0.6 is 0 Å². The molecule has 0 saturated carbocycles. The number of anilines is 1. The Balaban J connectivity index is 2.04. The summed E-state index contributed by atoms with van der Waals surface area (Å²) in [5.74, 6) is 1.38. The normalized spacial score (nSPS) is 9.94. The summed E-state index contributed by atoms with van der Waals surface area (Å²) in [7, 11) is 1.55. The lowest BCUT2D eigenvalue weighted by atomic mass is 10.2. The summed E-state index contributed by atoms with van der Waals surface area (Å²) in [5.41, 5.74) is 6.83. The van der Waals surface area contributed by atoms with E-state index in [9.17, 15) is 0 Å². The Hall–Kier alpha value is -2.23. The van der Waals surface area contributed by atoms with E-state index >= 15 is 0 Å². The molecule has 1 heterocycles. The minimum atomic E-state index is 0.334. The van der Waals surface area contributed by atoms with E-state index in [2.05, 4.69) is 4.98 Å². The number of pyridine rings is 1. The number of rotatable bonds is 4. The van der Waals surface area contributed by atoms with Gasteiger partial charge in [0, 0.05) is 6.07 Å². The van der Waals surface area contributed by atoms with Crippen molar-refractivity contribution >= 4 is 5.82 Å². The predicted molar refractivity (Wildman–Crippen MR) is 66.0 cm³/mol. The molecule has 4 nitrogen and oxygen atoms in total. The number of nitrogens with two attached hydrogens (primary N) is 1. The van der Waals surface area contributed by atoms with Gasteiger partial charge in [-0.05, 0) is 11.6 Å². The van der Waals surface area contributed by atoms with Crippen LogP contribution in [0.3, 0.4) is 0 Å². The molecule has 0 radical (unpaired) electrons. The predicted octanol–water partition coefficient (Wildman–Crippen LogP) is 2.25. The van der Waals surface area contributed by atoms with Gasteiger partial charge in [-0.25, -0.2) is 0 Å². The van der Waals surface area contributed by atoms with Crippen LogP contribution in [0.1, 0.15) is 5.56 Å². The molecule has 0 unspecified atom stereocenters. The first-order valence-electron chi connectivity index (χ1n) is 5.27. The van der Waals surface area contributed by atoms with E-state index in [1.165, 1.54) is 0 Å². The fourth-order valence-corrected chi connectivity index (χ4v) is 1.41. The van der Waals surface area contributed by atoms with Crippen LogP contribution < -0.4 is 15.2 Å². The van der Waals surface area contributed by atoms with Crippen LogP contribution in [0.5, 0.6) is 11.6 Å². The number of aromatic nitrogens is 1. The summed E-state index contributed by atoms with van der Waals surface area (Å²) in [5, 5.41) is 0. The van der Waals surface area contributed by atoms with Gasteiger partial charge in [0.25, 0.3) is 0 Å². The minimum absolute atomic E-state index is 0.334. The molecular formula is C13H14N2O2. The van der Waals surface area contributed by atoms with Crippen molar-refractivity contribution in [3.05, 3.63) is 48.0 Å². The van der Waals surface area contributed by atoms with Crippen LogP contribution in [0.2, 0.25) is 0 Å². The molecule has 0 amide bonds. The SMILES string of the molecule is COc1ccc(OCc2ccccc2)c(N)n1. The smallest absolute Gasteiger partial charge is 0.215 e. The number of ether oxygens (including phenoxy) is 2. The monoisotopic (exact) mass is 230 g/mol. The van der Waals surface area contributed by atoms with Crippen molar-refractivity contribution in [2.45, 2.75) is 6.61 Å². The van der Waals surface area contributed by atoms with Crippen molar-refractivity contribution in [1.29, 1.82) is 0 Å². The van der Waals surface area contributed by atoms with Gasteiger partial charge in [-0.15, -0.1) is 0 Å². The molecule has 2 aromatic rings. The Labute approximate surface area is 100 Å². The summed E-state index contributed by atoms with van der Waals surface area (Å²) < 4.78 is 10.5. The topological polar surface area (TPSA) is 57.4 Å². The maximum absolute atomic E-state index is 5.74. The third kappa shape index (κ3) is 2.87. The zero-order valence-corrected chi connectivity index (χ0v) is 9.59. The van der Waals surface area contributed by atoms with E-state index < -0.39 is 0 Å². The van der Waals surface area contributed by atoms with Gasteiger partial charge >= 0.3 is 0 Å². The average molecular weight is 230 g/mol. The molecule has 88 valence electrons. The largest absolute Gasteiger partial charge is 0.485 e. The van der Waals surface area contributed by atoms with Crippen molar-refractivity contribution in [2.24, 2.45) is 0 Å². The van der Waals surface area contributed by atoms with E-state index in [0.717, 1.165) is 5.56 Å². The van der Waals surface area contributed by atoms with Crippen molar-refractivity contribution in [2.75, 3.05) is 12.8 Å². The highest BCUT2D eigenvalue weighted by atomic mass is 16.5. The third-order valence-corrected chi connectivity index (χ3v) is 2.31. The zero-order chi connectivity index (χ0) is 12.1. The second-order valence-corrected chi connectivity index (χ2v) is 3.51. The van der Waals surface area contributed by atoms with Gasteiger partial charge in [-0.3, -0.25) is 0 Å². The van der Waals surface area contributed by atoms with Crippen LogP contribution in [0.25, 0.3) is 0 Å². The standard InChI is InChI=1S/C13H14N2O2/c1-16-12-8-7-11(13(14)15-12)17-9-10-5-3-2-4-6-10/h2-8H,9H2,1H3,(H2,14,15). The van der Waals surface area contributed by atoms with Gasteiger partial charge in [0.05, 0.1) is 7.11 Å². The fourth-order valence-electron chi connectivity index (χ4n) is 1.41. The fraction of sp³-hybridized carbons (Fsp3) is 0.154. The number of nitrogen functional groups attached to an aromatic ring is 1. The van der Waals surface area contributed by atoms with Crippen molar-refractivity contribution in [1.82, 2.24) is 4.98 Å². The quantitative estimate of drug-likeness (QED) is 0.875. The molecule has 2 rings (SSSR count). The van der Waals surface area contributed by atoms with Gasteiger partial charge in [0.2, 0.25) is 5.88 Å². The number of nitrogens with zero attached hydrogens (tertiary/aromatic N) is 1. The lowest BCUT2D eigenvalue weighted by Gasteiger charge is -2.09. The Bertz CT molecular complexity index is 486. The molecule has 0 fully saturated rings. The second kappa shape index (κ2) is 5.21. The van der Waals surface area contributed by atoms with Crippen LogP contribution in [-0.4, -0.2) is 12.1 Å². The van der Waals surface area contributed by atoms with E-state index in [1.807, 2.05) is 30.3 Å². The Kier molecular flexibility index (Phi) is 3.45. The van der Waals surface area contributed by atoms with E-state index in [0.29, 0.717) is 24.1 Å². The number of hydrogen-bond donors (Lipinski definition) is 1. The minimum Gasteiger partial charge on any atom is -0.485 e. The molecule has 0 saturated heterocycles. The highest BCUT2D eigenvalue weighted by Gasteiger charge is 2.04. The first-order valence-corrected chi connectivity index (χ1v) is 5.27. The van der Waals surface area contributed by atoms with Crippen molar-refractivity contribution in [3.8, 4) is 11.6 Å². The van der Waals surface area contributed by atoms with Gasteiger partial charge in [-0.1, -0.05) is 30.3 Å². The molecule has 0 spiro atoms. The second-order valence-electron chi connectivity index (χ2n) is 3.51. The maximum atomic E-state index is 5.74. The number of methoxy groups -OCH3 is 1. The molecule has 1 aromatic heterocycles. The van der Waals surface area contributed by atoms with E-state index in [-0.39, 0.29) is 0 Å². The van der Waals surface area contributed by atoms with Crippen LogP contribution in [0.15, 0.2) is 42.5 Å². The number of benzene rings is 1. The number of hydrogen-bond acceptors (Lipinski definition) is 4. The maximum Gasteiger partial charge on any atom is 0.215 e. The van der Waals surface area contributed by atoms with Crippen molar-refractivity contribution in [3.63, 3.8) is 0 Å². The van der Waals surface area contributed by atoms with Gasteiger partial charge in [-0.2, -0.15) is 4.98 Å². The Morgan fingerprint density at radius 2 is 1.88 bits per heavy atom. The molecule has 2 N–H and O–H groups in total. The lowest BCUT2D eigenvalue weighted by Crippen LogP contribution is -2.01. The molecule has 4 heteroatoms. The molecule has 1 aromatic carbocycles. The first kappa shape index (κ1) is 11.3. The van der Waals surface area contributed by atoms with Crippen LogP contribution in [-0.2, 0) is 6.61 Å². The molecule has 0 atom stereocenters. The molecule has 0 aliphatic heterocycles. The summed E-state index contributed by atoms with van der Waals surface area (Å²) in [4.78, 5) is 4.03. The highest BCUT2D eigenvalue weighted by Crippen LogP contribution is 2.23.